The highest BCUT2D eigenvalue weighted by Gasteiger charge is 2.07. The van der Waals surface area contributed by atoms with E-state index in [4.69, 9.17) is 9.47 Å². The van der Waals surface area contributed by atoms with Crippen LogP contribution in [0, 0.1) is 0 Å². The number of nitrogens with zero attached hydrogens (tertiary/aromatic N) is 1. The largest absolute Gasteiger partial charge is 0.493 e. The summed E-state index contributed by atoms with van der Waals surface area (Å²) in [6.45, 7) is 0.741. The van der Waals surface area contributed by atoms with E-state index >= 15 is 0 Å². The van der Waals surface area contributed by atoms with Crippen molar-refractivity contribution in [3.05, 3.63) is 60.3 Å². The third kappa shape index (κ3) is 4.67. The number of anilines is 1. The van der Waals surface area contributed by atoms with E-state index in [0.29, 0.717) is 24.5 Å². The highest BCUT2D eigenvalue weighted by Crippen LogP contribution is 2.27. The molecule has 1 amide bonds. The van der Waals surface area contributed by atoms with Crippen molar-refractivity contribution in [3.63, 3.8) is 0 Å². The number of aromatic nitrogens is 1. The zero-order chi connectivity index (χ0) is 19.1. The fourth-order valence-corrected chi connectivity index (χ4v) is 2.87. The Bertz CT molecular complexity index is 922. The van der Waals surface area contributed by atoms with Crippen LogP contribution >= 0.6 is 0 Å². The predicted octanol–water partition coefficient (Wildman–Crippen LogP) is 3.02. The van der Waals surface area contributed by atoms with Gasteiger partial charge in [0.15, 0.2) is 11.5 Å². The Morgan fingerprint density at radius 3 is 2.67 bits per heavy atom. The lowest BCUT2D eigenvalue weighted by atomic mass is 10.1. The molecule has 0 fully saturated rings. The van der Waals surface area contributed by atoms with Crippen LogP contribution in [0.4, 0.5) is 5.69 Å². The van der Waals surface area contributed by atoms with Gasteiger partial charge in [-0.15, -0.1) is 0 Å². The van der Waals surface area contributed by atoms with Crippen molar-refractivity contribution in [2.24, 2.45) is 0 Å². The first-order valence-corrected chi connectivity index (χ1v) is 8.76. The summed E-state index contributed by atoms with van der Waals surface area (Å²) in [5, 5.41) is 7.12. The quantitative estimate of drug-likeness (QED) is 0.642. The molecule has 0 saturated heterocycles. The molecule has 1 heterocycles. The van der Waals surface area contributed by atoms with Crippen molar-refractivity contribution in [1.82, 2.24) is 10.3 Å². The summed E-state index contributed by atoms with van der Waals surface area (Å²) in [6, 6.07) is 15.5. The number of carbonyl (C=O) groups excluding carboxylic acids is 1. The molecule has 27 heavy (non-hydrogen) atoms. The second-order valence-electron chi connectivity index (χ2n) is 6.02. The fraction of sp³-hybridized carbons (Fsp3) is 0.238. The van der Waals surface area contributed by atoms with E-state index < -0.39 is 0 Å². The second kappa shape index (κ2) is 8.89. The maximum Gasteiger partial charge on any atom is 0.239 e. The van der Waals surface area contributed by atoms with Gasteiger partial charge in [0, 0.05) is 18.1 Å². The van der Waals surface area contributed by atoms with Crippen molar-refractivity contribution in [3.8, 4) is 11.5 Å². The van der Waals surface area contributed by atoms with Gasteiger partial charge >= 0.3 is 0 Å². The van der Waals surface area contributed by atoms with Crippen LogP contribution in [0.15, 0.2) is 54.7 Å². The van der Waals surface area contributed by atoms with Crippen LogP contribution in [0.3, 0.4) is 0 Å². The van der Waals surface area contributed by atoms with Crippen molar-refractivity contribution in [1.29, 1.82) is 0 Å². The average molecular weight is 365 g/mol. The molecular formula is C21H23N3O3. The molecular weight excluding hydrogens is 342 g/mol. The van der Waals surface area contributed by atoms with E-state index in [2.05, 4.69) is 15.6 Å². The van der Waals surface area contributed by atoms with Crippen molar-refractivity contribution < 1.29 is 14.3 Å². The van der Waals surface area contributed by atoms with Gasteiger partial charge in [-0.05, 0) is 36.2 Å². The third-order valence-corrected chi connectivity index (χ3v) is 4.26. The van der Waals surface area contributed by atoms with Gasteiger partial charge < -0.3 is 20.1 Å². The zero-order valence-electron chi connectivity index (χ0n) is 15.5. The number of hydrogen-bond donors (Lipinski definition) is 2. The van der Waals surface area contributed by atoms with Crippen LogP contribution in [-0.4, -0.2) is 38.2 Å². The predicted molar refractivity (Wildman–Crippen MR) is 106 cm³/mol. The molecule has 0 unspecified atom stereocenters. The normalized spacial score (nSPS) is 10.4. The summed E-state index contributed by atoms with van der Waals surface area (Å²) in [4.78, 5) is 16.5. The summed E-state index contributed by atoms with van der Waals surface area (Å²) >= 11 is 0. The number of carbonyl (C=O) groups is 1. The Labute approximate surface area is 158 Å². The lowest BCUT2D eigenvalue weighted by Crippen LogP contribution is -2.31. The first-order chi connectivity index (χ1) is 13.2. The van der Waals surface area contributed by atoms with Crippen molar-refractivity contribution in [2.45, 2.75) is 6.42 Å². The monoisotopic (exact) mass is 365 g/mol. The molecule has 6 heteroatoms. The first kappa shape index (κ1) is 18.5. The van der Waals surface area contributed by atoms with Gasteiger partial charge in [-0.2, -0.15) is 0 Å². The number of ether oxygens (including phenoxy) is 2. The number of hydrogen-bond acceptors (Lipinski definition) is 5. The van der Waals surface area contributed by atoms with Gasteiger partial charge in [0.2, 0.25) is 5.91 Å². The second-order valence-corrected chi connectivity index (χ2v) is 6.02. The van der Waals surface area contributed by atoms with Gasteiger partial charge in [0.25, 0.3) is 0 Å². The summed E-state index contributed by atoms with van der Waals surface area (Å²) in [5.41, 5.74) is 2.78. The van der Waals surface area contributed by atoms with E-state index in [0.717, 1.165) is 22.2 Å². The number of fused-ring (bicyclic) bond motifs is 1. The van der Waals surface area contributed by atoms with Gasteiger partial charge in [-0.3, -0.25) is 9.78 Å². The lowest BCUT2D eigenvalue weighted by molar-refractivity contribution is -0.119. The number of para-hydroxylation sites is 1. The maximum atomic E-state index is 12.1. The van der Waals surface area contributed by atoms with E-state index in [1.54, 1.807) is 20.4 Å². The molecule has 0 spiro atoms. The highest BCUT2D eigenvalue weighted by molar-refractivity contribution is 5.92. The van der Waals surface area contributed by atoms with E-state index in [1.807, 2.05) is 48.5 Å². The molecule has 0 atom stereocenters. The number of methoxy groups -OCH3 is 2. The van der Waals surface area contributed by atoms with Crippen LogP contribution in [-0.2, 0) is 11.2 Å². The molecule has 6 nitrogen and oxygen atoms in total. The van der Waals surface area contributed by atoms with Gasteiger partial charge in [-0.25, -0.2) is 0 Å². The van der Waals surface area contributed by atoms with Crippen molar-refractivity contribution in [2.75, 3.05) is 32.6 Å². The molecule has 140 valence electrons. The molecule has 0 aliphatic carbocycles. The molecule has 3 aromatic rings. The summed E-state index contributed by atoms with van der Waals surface area (Å²) < 4.78 is 10.5. The summed E-state index contributed by atoms with van der Waals surface area (Å²) in [6.07, 6.45) is 2.46. The fourth-order valence-electron chi connectivity index (χ4n) is 2.87. The number of pyridine rings is 1. The van der Waals surface area contributed by atoms with Crippen LogP contribution in [0.1, 0.15) is 5.56 Å². The Morgan fingerprint density at radius 2 is 1.85 bits per heavy atom. The Hall–Kier alpha value is -3.28. The van der Waals surface area contributed by atoms with E-state index in [1.165, 1.54) is 0 Å². The molecule has 0 saturated carbocycles. The third-order valence-electron chi connectivity index (χ3n) is 4.26. The van der Waals surface area contributed by atoms with Gasteiger partial charge in [0.05, 0.1) is 32.0 Å². The number of nitrogens with one attached hydrogen (secondary N) is 2. The number of amides is 1. The summed E-state index contributed by atoms with van der Waals surface area (Å²) in [5.74, 6) is 1.31. The zero-order valence-corrected chi connectivity index (χ0v) is 15.5. The lowest BCUT2D eigenvalue weighted by Gasteiger charge is -2.11. The molecule has 3 rings (SSSR count). The van der Waals surface area contributed by atoms with E-state index in [9.17, 15) is 4.79 Å². The topological polar surface area (TPSA) is 72.5 Å². The van der Waals surface area contributed by atoms with Crippen LogP contribution in [0.5, 0.6) is 11.5 Å². The average Bonchev–Trinajstić information content (AvgIpc) is 2.72. The minimum Gasteiger partial charge on any atom is -0.493 e. The van der Waals surface area contributed by atoms with Gasteiger partial charge in [0.1, 0.15) is 0 Å². The molecule has 1 aromatic heterocycles. The first-order valence-electron chi connectivity index (χ1n) is 8.76. The Morgan fingerprint density at radius 1 is 1.04 bits per heavy atom. The van der Waals surface area contributed by atoms with Gasteiger partial charge in [-0.1, -0.05) is 24.3 Å². The minimum absolute atomic E-state index is 0.0663. The Balaban J connectivity index is 1.50. The number of benzene rings is 2. The standard InChI is InChI=1S/C21H23N3O3/c1-26-18-9-8-15(13-19(18)27-2)10-12-22-20(25)14-24-17-7-3-5-16-6-4-11-23-21(16)17/h3-9,11,13,24H,10,12,14H2,1-2H3,(H,22,25). The molecule has 0 bridgehead atoms. The molecule has 0 aliphatic heterocycles. The maximum absolute atomic E-state index is 12.1. The van der Waals surface area contributed by atoms with Crippen LogP contribution in [0.25, 0.3) is 10.9 Å². The molecule has 0 radical (unpaired) electrons. The molecule has 2 N–H and O–H groups in total. The summed E-state index contributed by atoms with van der Waals surface area (Å²) in [7, 11) is 3.22. The van der Waals surface area contributed by atoms with Crippen molar-refractivity contribution >= 4 is 22.5 Å². The Kier molecular flexibility index (Phi) is 6.10. The SMILES string of the molecule is COc1ccc(CCNC(=O)CNc2cccc3cccnc23)cc1OC. The van der Waals surface area contributed by atoms with E-state index in [-0.39, 0.29) is 12.5 Å². The smallest absolute Gasteiger partial charge is 0.239 e. The highest BCUT2D eigenvalue weighted by atomic mass is 16.5. The van der Waals surface area contributed by atoms with Crippen LogP contribution in [0.2, 0.25) is 0 Å². The van der Waals surface area contributed by atoms with Crippen LogP contribution < -0.4 is 20.1 Å². The number of rotatable bonds is 8. The molecule has 0 aliphatic rings. The minimum atomic E-state index is -0.0663. The molecule has 2 aromatic carbocycles.